The Morgan fingerprint density at radius 3 is 2.33 bits per heavy atom. The van der Waals surface area contributed by atoms with Gasteiger partial charge in [0.25, 0.3) is 0 Å². The average Bonchev–Trinajstić information content (AvgIpc) is 2.90. The lowest BCUT2D eigenvalue weighted by Gasteiger charge is -2.17. The van der Waals surface area contributed by atoms with Gasteiger partial charge in [0, 0.05) is 28.7 Å². The number of fused-ring (bicyclic) bond motifs is 1. The number of allylic oxidation sites excluding steroid dienone is 4. The number of imidazole rings is 1. The maximum Gasteiger partial charge on any atom is 0.185 e. The number of aromatic nitrogens is 2. The topological polar surface area (TPSA) is 62.8 Å². The zero-order chi connectivity index (χ0) is 15.1. The molecule has 1 heterocycles. The molecule has 0 bridgehead atoms. The zero-order valence-corrected chi connectivity index (χ0v) is 12.3. The van der Waals surface area contributed by atoms with Crippen molar-refractivity contribution in [1.29, 1.82) is 0 Å². The van der Waals surface area contributed by atoms with Crippen molar-refractivity contribution in [3.8, 4) is 0 Å². The highest BCUT2D eigenvalue weighted by molar-refractivity contribution is 6.24. The number of nitrogens with zero attached hydrogens (tertiary/aromatic N) is 1. The predicted molar refractivity (Wildman–Crippen MR) is 80.9 cm³/mol. The highest BCUT2D eigenvalue weighted by atomic mass is 16.1. The van der Waals surface area contributed by atoms with E-state index in [2.05, 4.69) is 9.97 Å². The molecule has 21 heavy (non-hydrogen) atoms. The molecule has 4 nitrogen and oxygen atoms in total. The number of aromatic amines is 1. The van der Waals surface area contributed by atoms with Crippen LogP contribution >= 0.6 is 0 Å². The standard InChI is InChI=1S/C17H16N2O2/c1-9-10(2)17(21)12(11(3)16(9)20)8-15-18-13-6-4-5-7-14(13)19-15/h4-7H,8H2,1-3H3,(H,18,19). The molecule has 106 valence electrons. The SMILES string of the molecule is CC1=C(C)C(=O)C(Cc2nc3ccccc3[nH]2)=C(C)C1=O. The molecule has 1 aromatic carbocycles. The van der Waals surface area contributed by atoms with E-state index in [9.17, 15) is 9.59 Å². The first-order valence-electron chi connectivity index (χ1n) is 6.89. The molecule has 0 atom stereocenters. The van der Waals surface area contributed by atoms with Crippen LogP contribution in [0.5, 0.6) is 0 Å². The minimum absolute atomic E-state index is 0.0433. The zero-order valence-electron chi connectivity index (χ0n) is 12.3. The van der Waals surface area contributed by atoms with Crippen LogP contribution in [-0.2, 0) is 16.0 Å². The molecule has 1 aromatic heterocycles. The number of hydrogen-bond donors (Lipinski definition) is 1. The fraction of sp³-hybridized carbons (Fsp3) is 0.235. The molecule has 0 unspecified atom stereocenters. The van der Waals surface area contributed by atoms with Crippen LogP contribution in [0.2, 0.25) is 0 Å². The van der Waals surface area contributed by atoms with Crippen LogP contribution < -0.4 is 0 Å². The molecule has 1 aliphatic rings. The van der Waals surface area contributed by atoms with Crippen molar-refractivity contribution >= 4 is 22.6 Å². The summed E-state index contributed by atoms with van der Waals surface area (Å²) < 4.78 is 0. The van der Waals surface area contributed by atoms with Crippen molar-refractivity contribution in [2.75, 3.05) is 0 Å². The van der Waals surface area contributed by atoms with Gasteiger partial charge in [-0.15, -0.1) is 0 Å². The fourth-order valence-corrected chi connectivity index (χ4v) is 2.63. The first kappa shape index (κ1) is 13.5. The first-order chi connectivity index (χ1) is 9.99. The summed E-state index contributed by atoms with van der Waals surface area (Å²) >= 11 is 0. The Bertz CT molecular complexity index is 804. The van der Waals surface area contributed by atoms with Crippen molar-refractivity contribution in [1.82, 2.24) is 9.97 Å². The van der Waals surface area contributed by atoms with E-state index in [1.165, 1.54) is 0 Å². The lowest BCUT2D eigenvalue weighted by Crippen LogP contribution is -2.22. The van der Waals surface area contributed by atoms with Crippen LogP contribution in [0.25, 0.3) is 11.0 Å². The second-order valence-electron chi connectivity index (χ2n) is 5.39. The van der Waals surface area contributed by atoms with E-state index in [0.717, 1.165) is 11.0 Å². The molecule has 1 aliphatic carbocycles. The minimum Gasteiger partial charge on any atom is -0.342 e. The average molecular weight is 280 g/mol. The number of hydrogen-bond acceptors (Lipinski definition) is 3. The van der Waals surface area contributed by atoms with Gasteiger partial charge in [-0.1, -0.05) is 12.1 Å². The summed E-state index contributed by atoms with van der Waals surface area (Å²) in [6.45, 7) is 5.13. The second kappa shape index (κ2) is 4.81. The van der Waals surface area contributed by atoms with Crippen molar-refractivity contribution < 1.29 is 9.59 Å². The van der Waals surface area contributed by atoms with E-state index in [-0.39, 0.29) is 11.6 Å². The lowest BCUT2D eigenvalue weighted by atomic mass is 9.84. The summed E-state index contributed by atoms with van der Waals surface area (Å²) in [5.41, 5.74) is 3.96. The summed E-state index contributed by atoms with van der Waals surface area (Å²) in [7, 11) is 0. The molecule has 3 rings (SSSR count). The van der Waals surface area contributed by atoms with Gasteiger partial charge in [0.15, 0.2) is 11.6 Å². The number of carbonyl (C=O) groups is 2. The van der Waals surface area contributed by atoms with E-state index in [1.54, 1.807) is 20.8 Å². The van der Waals surface area contributed by atoms with E-state index in [1.807, 2.05) is 24.3 Å². The number of ketones is 2. The van der Waals surface area contributed by atoms with E-state index >= 15 is 0 Å². The van der Waals surface area contributed by atoms with Crippen LogP contribution in [0.15, 0.2) is 46.6 Å². The van der Waals surface area contributed by atoms with Crippen molar-refractivity contribution in [2.24, 2.45) is 0 Å². The monoisotopic (exact) mass is 280 g/mol. The first-order valence-corrected chi connectivity index (χ1v) is 6.89. The molecule has 0 radical (unpaired) electrons. The molecule has 0 saturated carbocycles. The predicted octanol–water partition coefficient (Wildman–Crippen LogP) is 2.91. The lowest BCUT2D eigenvalue weighted by molar-refractivity contribution is -0.116. The van der Waals surface area contributed by atoms with Gasteiger partial charge >= 0.3 is 0 Å². The largest absolute Gasteiger partial charge is 0.342 e. The molecule has 0 saturated heterocycles. The smallest absolute Gasteiger partial charge is 0.185 e. The molecule has 2 aromatic rings. The third-order valence-electron chi connectivity index (χ3n) is 4.09. The number of para-hydroxylation sites is 2. The molecular weight excluding hydrogens is 264 g/mol. The third-order valence-corrected chi connectivity index (χ3v) is 4.09. The van der Waals surface area contributed by atoms with Gasteiger partial charge in [0.2, 0.25) is 0 Å². The normalized spacial score (nSPS) is 16.3. The summed E-state index contributed by atoms with van der Waals surface area (Å²) in [5.74, 6) is 0.613. The van der Waals surface area contributed by atoms with Gasteiger partial charge in [-0.05, 0) is 32.9 Å². The summed E-state index contributed by atoms with van der Waals surface area (Å²) in [6, 6.07) is 7.71. The summed E-state index contributed by atoms with van der Waals surface area (Å²) in [6.07, 6.45) is 0.357. The van der Waals surface area contributed by atoms with Crippen molar-refractivity contribution in [3.05, 3.63) is 52.4 Å². The highest BCUT2D eigenvalue weighted by Gasteiger charge is 2.28. The Morgan fingerprint density at radius 1 is 0.952 bits per heavy atom. The number of rotatable bonds is 2. The van der Waals surface area contributed by atoms with Crippen LogP contribution in [0.3, 0.4) is 0 Å². The van der Waals surface area contributed by atoms with Gasteiger partial charge in [0.05, 0.1) is 11.0 Å². The Kier molecular flexibility index (Phi) is 3.09. The number of H-pyrrole nitrogens is 1. The van der Waals surface area contributed by atoms with Gasteiger partial charge in [-0.2, -0.15) is 0 Å². The third kappa shape index (κ3) is 2.13. The molecular formula is C17H16N2O2. The van der Waals surface area contributed by atoms with Gasteiger partial charge in [0.1, 0.15) is 5.82 Å². The highest BCUT2D eigenvalue weighted by Crippen LogP contribution is 2.26. The van der Waals surface area contributed by atoms with Crippen molar-refractivity contribution in [3.63, 3.8) is 0 Å². The Balaban J connectivity index is 2.00. The van der Waals surface area contributed by atoms with Gasteiger partial charge in [-0.3, -0.25) is 9.59 Å². The fourth-order valence-electron chi connectivity index (χ4n) is 2.63. The Morgan fingerprint density at radius 2 is 1.62 bits per heavy atom. The van der Waals surface area contributed by atoms with Crippen LogP contribution in [0.1, 0.15) is 26.6 Å². The maximum atomic E-state index is 12.4. The van der Waals surface area contributed by atoms with Crippen LogP contribution in [0, 0.1) is 0 Å². The molecule has 1 N–H and O–H groups in total. The summed E-state index contributed by atoms with van der Waals surface area (Å²) in [4.78, 5) is 32.2. The number of Topliss-reactive ketones (excluding diaryl/α,β-unsaturated/α-hetero) is 2. The van der Waals surface area contributed by atoms with E-state index in [0.29, 0.717) is 34.5 Å². The second-order valence-corrected chi connectivity index (χ2v) is 5.39. The molecule has 0 spiro atoms. The van der Waals surface area contributed by atoms with E-state index in [4.69, 9.17) is 0 Å². The van der Waals surface area contributed by atoms with Gasteiger partial charge < -0.3 is 4.98 Å². The quantitative estimate of drug-likeness (QED) is 0.860. The van der Waals surface area contributed by atoms with Gasteiger partial charge in [-0.25, -0.2) is 4.98 Å². The molecule has 4 heteroatoms. The number of carbonyl (C=O) groups excluding carboxylic acids is 2. The van der Waals surface area contributed by atoms with E-state index < -0.39 is 0 Å². The minimum atomic E-state index is -0.0509. The number of nitrogens with one attached hydrogen (secondary N) is 1. The Labute approximate surface area is 122 Å². The van der Waals surface area contributed by atoms with Crippen LogP contribution in [-0.4, -0.2) is 21.5 Å². The Hall–Kier alpha value is -2.49. The van der Waals surface area contributed by atoms with Crippen LogP contribution in [0.4, 0.5) is 0 Å². The molecule has 0 aliphatic heterocycles. The molecule has 0 amide bonds. The molecule has 0 fully saturated rings. The maximum absolute atomic E-state index is 12.4. The summed E-state index contributed by atoms with van der Waals surface area (Å²) in [5, 5.41) is 0. The number of benzene rings is 1. The van der Waals surface area contributed by atoms with Crippen molar-refractivity contribution in [2.45, 2.75) is 27.2 Å².